The molecule has 3 aromatic carbocycles. The molecule has 7 nitrogen and oxygen atoms in total. The third-order valence-electron chi connectivity index (χ3n) is 4.14. The number of sulfonamides is 1. The van der Waals surface area contributed by atoms with Crippen molar-refractivity contribution < 1.29 is 22.7 Å². The van der Waals surface area contributed by atoms with Gasteiger partial charge in [0, 0.05) is 12.1 Å². The molecule has 1 heterocycles. The minimum Gasteiger partial charge on any atom is -0.457 e. The lowest BCUT2D eigenvalue weighted by molar-refractivity contribution is 0.0273. The minimum atomic E-state index is -3.80. The zero-order valence-corrected chi connectivity index (χ0v) is 16.0. The maximum atomic E-state index is 11.5. The van der Waals surface area contributed by atoms with Gasteiger partial charge in [0.15, 0.2) is 0 Å². The first-order chi connectivity index (χ1) is 14.0. The molecule has 0 fully saturated rings. The van der Waals surface area contributed by atoms with E-state index >= 15 is 0 Å². The third kappa shape index (κ3) is 4.75. The molecule has 148 valence electrons. The van der Waals surface area contributed by atoms with Crippen molar-refractivity contribution in [3.63, 3.8) is 0 Å². The van der Waals surface area contributed by atoms with E-state index in [9.17, 15) is 8.42 Å². The molecule has 0 aliphatic carbocycles. The van der Waals surface area contributed by atoms with Gasteiger partial charge < -0.3 is 9.47 Å². The van der Waals surface area contributed by atoms with Gasteiger partial charge in [-0.2, -0.15) is 0 Å². The van der Waals surface area contributed by atoms with E-state index in [2.05, 4.69) is 5.48 Å². The Morgan fingerprint density at radius 2 is 1.52 bits per heavy atom. The van der Waals surface area contributed by atoms with Gasteiger partial charge in [0.05, 0.1) is 4.90 Å². The first kappa shape index (κ1) is 19.0. The van der Waals surface area contributed by atoms with Crippen molar-refractivity contribution >= 4 is 10.0 Å². The van der Waals surface area contributed by atoms with Crippen LogP contribution in [-0.4, -0.2) is 8.42 Å². The largest absolute Gasteiger partial charge is 0.457 e. The second kappa shape index (κ2) is 7.96. The number of ether oxygens (including phenoxy) is 2. The summed E-state index contributed by atoms with van der Waals surface area (Å²) >= 11 is 0. The fraction of sp³-hybridized carbons (Fsp3) is 0.0476. The number of hydrogen-bond donors (Lipinski definition) is 2. The number of nitrogens with one attached hydrogen (secondary N) is 1. The lowest BCUT2D eigenvalue weighted by Crippen LogP contribution is -2.14. The Labute approximate surface area is 168 Å². The molecule has 0 bridgehead atoms. The summed E-state index contributed by atoms with van der Waals surface area (Å²) < 4.78 is 34.3. The van der Waals surface area contributed by atoms with Crippen LogP contribution in [0.1, 0.15) is 11.7 Å². The first-order valence-electron chi connectivity index (χ1n) is 8.74. The van der Waals surface area contributed by atoms with Crippen LogP contribution in [0.25, 0.3) is 0 Å². The molecule has 3 aromatic rings. The Morgan fingerprint density at radius 1 is 0.828 bits per heavy atom. The van der Waals surface area contributed by atoms with Crippen molar-refractivity contribution in [2.75, 3.05) is 0 Å². The number of hydroxylamine groups is 1. The molecule has 29 heavy (non-hydrogen) atoms. The highest BCUT2D eigenvalue weighted by Gasteiger charge is 2.20. The van der Waals surface area contributed by atoms with Crippen LogP contribution in [0.15, 0.2) is 95.7 Å². The molecule has 0 amide bonds. The van der Waals surface area contributed by atoms with E-state index in [4.69, 9.17) is 19.5 Å². The fourth-order valence-corrected chi connectivity index (χ4v) is 3.29. The van der Waals surface area contributed by atoms with Crippen LogP contribution in [0, 0.1) is 0 Å². The SMILES string of the molecule is NS(=O)(=O)c1cccc(OC2=C[C@@H](c3ccc(Oc4ccccc4)cc3)ON2)c1. The molecule has 0 saturated heterocycles. The predicted octanol–water partition coefficient (Wildman–Crippen LogP) is 3.62. The first-order valence-corrected chi connectivity index (χ1v) is 10.3. The Morgan fingerprint density at radius 3 is 2.24 bits per heavy atom. The summed E-state index contributed by atoms with van der Waals surface area (Å²) in [4.78, 5) is 5.50. The maximum Gasteiger partial charge on any atom is 0.238 e. The van der Waals surface area contributed by atoms with Gasteiger partial charge in [-0.1, -0.05) is 36.4 Å². The van der Waals surface area contributed by atoms with E-state index in [-0.39, 0.29) is 11.0 Å². The molecule has 0 saturated carbocycles. The number of nitrogens with two attached hydrogens (primary N) is 1. The van der Waals surface area contributed by atoms with Crippen LogP contribution < -0.4 is 20.1 Å². The van der Waals surface area contributed by atoms with Crippen LogP contribution in [-0.2, 0) is 14.9 Å². The molecule has 8 heteroatoms. The van der Waals surface area contributed by atoms with Gasteiger partial charge in [-0.3, -0.25) is 4.84 Å². The van der Waals surface area contributed by atoms with Crippen molar-refractivity contribution in [2.45, 2.75) is 11.0 Å². The van der Waals surface area contributed by atoms with Crippen molar-refractivity contribution in [1.82, 2.24) is 5.48 Å². The van der Waals surface area contributed by atoms with Crippen molar-refractivity contribution in [2.24, 2.45) is 5.14 Å². The summed E-state index contributed by atoms with van der Waals surface area (Å²) in [6.45, 7) is 0. The van der Waals surface area contributed by atoms with E-state index in [1.54, 1.807) is 18.2 Å². The highest BCUT2D eigenvalue weighted by atomic mass is 32.2. The van der Waals surface area contributed by atoms with Crippen molar-refractivity contribution in [3.05, 3.63) is 96.4 Å². The predicted molar refractivity (Wildman–Crippen MR) is 106 cm³/mol. The fourth-order valence-electron chi connectivity index (χ4n) is 2.74. The molecule has 1 aliphatic rings. The van der Waals surface area contributed by atoms with E-state index < -0.39 is 10.0 Å². The zero-order chi connectivity index (χ0) is 20.3. The normalized spacial score (nSPS) is 16.0. The minimum absolute atomic E-state index is 0.0277. The number of para-hydroxylation sites is 1. The number of benzene rings is 3. The molecule has 4 rings (SSSR count). The van der Waals surface area contributed by atoms with Crippen LogP contribution in [0.4, 0.5) is 0 Å². The highest BCUT2D eigenvalue weighted by Crippen LogP contribution is 2.29. The molecule has 0 spiro atoms. The molecular weight excluding hydrogens is 392 g/mol. The summed E-state index contributed by atoms with van der Waals surface area (Å²) in [5, 5.41) is 5.14. The summed E-state index contributed by atoms with van der Waals surface area (Å²) in [7, 11) is -3.80. The molecule has 1 atom stereocenters. The second-order valence-corrected chi connectivity index (χ2v) is 7.84. The monoisotopic (exact) mass is 410 g/mol. The molecule has 1 aliphatic heterocycles. The number of primary sulfonamides is 1. The van der Waals surface area contributed by atoms with Gasteiger partial charge in [0.25, 0.3) is 0 Å². The van der Waals surface area contributed by atoms with Crippen LogP contribution in [0.5, 0.6) is 17.2 Å². The molecule has 0 radical (unpaired) electrons. The van der Waals surface area contributed by atoms with Gasteiger partial charge in [-0.15, -0.1) is 0 Å². The second-order valence-electron chi connectivity index (χ2n) is 6.28. The summed E-state index contributed by atoms with van der Waals surface area (Å²) in [6, 6.07) is 22.9. The van der Waals surface area contributed by atoms with Gasteiger partial charge in [0.2, 0.25) is 15.9 Å². The summed E-state index contributed by atoms with van der Waals surface area (Å²) in [5.41, 5.74) is 3.59. The highest BCUT2D eigenvalue weighted by molar-refractivity contribution is 7.89. The van der Waals surface area contributed by atoms with E-state index in [1.807, 2.05) is 54.6 Å². The third-order valence-corrected chi connectivity index (χ3v) is 5.05. The lowest BCUT2D eigenvalue weighted by Gasteiger charge is -2.09. The molecule has 0 aromatic heterocycles. The number of hydrogen-bond acceptors (Lipinski definition) is 6. The van der Waals surface area contributed by atoms with Crippen molar-refractivity contribution in [1.29, 1.82) is 0 Å². The van der Waals surface area contributed by atoms with Crippen LogP contribution >= 0.6 is 0 Å². The molecule has 0 unspecified atom stereocenters. The summed E-state index contributed by atoms with van der Waals surface area (Å²) in [6.07, 6.45) is 1.38. The average molecular weight is 410 g/mol. The quantitative estimate of drug-likeness (QED) is 0.644. The molecule has 3 N–H and O–H groups in total. The average Bonchev–Trinajstić information content (AvgIpc) is 3.17. The van der Waals surface area contributed by atoms with Gasteiger partial charge in [0.1, 0.15) is 23.4 Å². The maximum absolute atomic E-state index is 11.5. The Kier molecular flexibility index (Phi) is 5.22. The number of rotatable bonds is 6. The van der Waals surface area contributed by atoms with E-state index in [0.717, 1.165) is 11.3 Å². The van der Waals surface area contributed by atoms with Crippen LogP contribution in [0.3, 0.4) is 0 Å². The Bertz CT molecular complexity index is 1130. The Balaban J connectivity index is 1.43. The zero-order valence-electron chi connectivity index (χ0n) is 15.2. The lowest BCUT2D eigenvalue weighted by atomic mass is 10.1. The standard InChI is InChI=1S/C21H18N2O5S/c22-29(24,25)19-8-4-7-18(13-19)27-21-14-20(28-23-21)15-9-11-17(12-10-15)26-16-5-2-1-3-6-16/h1-14,20,23H,(H2,22,24,25)/t20-/m0/s1. The van der Waals surface area contributed by atoms with Crippen molar-refractivity contribution in [3.8, 4) is 17.2 Å². The Hall–Kier alpha value is -3.33. The van der Waals surface area contributed by atoms with Gasteiger partial charge in [-0.25, -0.2) is 19.0 Å². The molecular formula is C21H18N2O5S. The van der Waals surface area contributed by atoms with Gasteiger partial charge in [-0.05, 0) is 42.0 Å². The van der Waals surface area contributed by atoms with E-state index in [0.29, 0.717) is 17.4 Å². The van der Waals surface area contributed by atoms with Gasteiger partial charge >= 0.3 is 0 Å². The topological polar surface area (TPSA) is 99.9 Å². The van der Waals surface area contributed by atoms with Crippen LogP contribution in [0.2, 0.25) is 0 Å². The smallest absolute Gasteiger partial charge is 0.238 e. The van der Waals surface area contributed by atoms with E-state index in [1.165, 1.54) is 12.1 Å². The summed E-state index contributed by atoms with van der Waals surface area (Å²) in [5.74, 6) is 2.15.